The first kappa shape index (κ1) is 12.0. The standard InChI is InChI=1S/C14H18N2S/c1-2-16(9-7-12-8-10-17-11-12)14-5-3-13(15)4-6-14/h3-6,8,10-11H,2,7,9,15H2,1H3. The van der Waals surface area contributed by atoms with Crippen molar-refractivity contribution in [3.63, 3.8) is 0 Å². The molecule has 2 rings (SSSR count). The molecule has 0 aliphatic heterocycles. The van der Waals surface area contributed by atoms with Gasteiger partial charge < -0.3 is 10.6 Å². The summed E-state index contributed by atoms with van der Waals surface area (Å²) in [6, 6.07) is 10.3. The van der Waals surface area contributed by atoms with E-state index in [1.54, 1.807) is 11.3 Å². The molecule has 0 amide bonds. The molecule has 0 fully saturated rings. The van der Waals surface area contributed by atoms with Gasteiger partial charge >= 0.3 is 0 Å². The summed E-state index contributed by atoms with van der Waals surface area (Å²) < 4.78 is 0. The van der Waals surface area contributed by atoms with Crippen molar-refractivity contribution in [1.29, 1.82) is 0 Å². The largest absolute Gasteiger partial charge is 0.399 e. The predicted octanol–water partition coefficient (Wildman–Crippen LogP) is 3.40. The average molecular weight is 246 g/mol. The molecule has 1 aromatic heterocycles. The first-order valence-electron chi connectivity index (χ1n) is 5.91. The second-order valence-electron chi connectivity index (χ2n) is 4.05. The summed E-state index contributed by atoms with van der Waals surface area (Å²) in [6.45, 7) is 4.26. The van der Waals surface area contributed by atoms with Gasteiger partial charge in [-0.05, 0) is 60.0 Å². The molecule has 0 saturated carbocycles. The van der Waals surface area contributed by atoms with Crippen molar-refractivity contribution in [3.05, 3.63) is 46.7 Å². The molecule has 0 aliphatic rings. The molecule has 2 aromatic rings. The smallest absolute Gasteiger partial charge is 0.0367 e. The van der Waals surface area contributed by atoms with E-state index in [2.05, 4.69) is 40.8 Å². The minimum absolute atomic E-state index is 0.822. The number of hydrogen-bond donors (Lipinski definition) is 1. The summed E-state index contributed by atoms with van der Waals surface area (Å²) in [6.07, 6.45) is 1.10. The topological polar surface area (TPSA) is 29.3 Å². The van der Waals surface area contributed by atoms with Gasteiger partial charge in [0.05, 0.1) is 0 Å². The number of nitrogen functional groups attached to an aromatic ring is 1. The van der Waals surface area contributed by atoms with Crippen molar-refractivity contribution in [2.45, 2.75) is 13.3 Å². The van der Waals surface area contributed by atoms with Gasteiger partial charge in [0.2, 0.25) is 0 Å². The number of nitrogens with zero attached hydrogens (tertiary/aromatic N) is 1. The fourth-order valence-electron chi connectivity index (χ4n) is 1.85. The molecule has 17 heavy (non-hydrogen) atoms. The summed E-state index contributed by atoms with van der Waals surface area (Å²) >= 11 is 1.76. The lowest BCUT2D eigenvalue weighted by molar-refractivity contribution is 0.810. The van der Waals surface area contributed by atoms with Gasteiger partial charge in [-0.15, -0.1) is 0 Å². The molecule has 0 spiro atoms. The van der Waals surface area contributed by atoms with Crippen LogP contribution >= 0.6 is 11.3 Å². The summed E-state index contributed by atoms with van der Waals surface area (Å²) in [7, 11) is 0. The van der Waals surface area contributed by atoms with E-state index in [9.17, 15) is 0 Å². The van der Waals surface area contributed by atoms with Gasteiger partial charge in [-0.1, -0.05) is 0 Å². The van der Waals surface area contributed by atoms with E-state index in [0.29, 0.717) is 0 Å². The molecular weight excluding hydrogens is 228 g/mol. The molecule has 1 heterocycles. The predicted molar refractivity (Wildman–Crippen MR) is 76.8 cm³/mol. The minimum Gasteiger partial charge on any atom is -0.399 e. The maximum atomic E-state index is 5.70. The van der Waals surface area contributed by atoms with Crippen LogP contribution in [0, 0.1) is 0 Å². The third kappa shape index (κ3) is 3.24. The Bertz CT molecular complexity index is 434. The number of nitrogens with two attached hydrogens (primary N) is 1. The van der Waals surface area contributed by atoms with Gasteiger partial charge in [0.15, 0.2) is 0 Å². The van der Waals surface area contributed by atoms with Gasteiger partial charge in [0.25, 0.3) is 0 Å². The van der Waals surface area contributed by atoms with E-state index in [1.807, 2.05) is 12.1 Å². The normalized spacial score (nSPS) is 10.4. The summed E-state index contributed by atoms with van der Waals surface area (Å²) in [5, 5.41) is 4.35. The van der Waals surface area contributed by atoms with E-state index >= 15 is 0 Å². The highest BCUT2D eigenvalue weighted by Crippen LogP contribution is 2.17. The van der Waals surface area contributed by atoms with Crippen LogP contribution in [0.25, 0.3) is 0 Å². The Hall–Kier alpha value is -1.48. The zero-order valence-corrected chi connectivity index (χ0v) is 10.9. The van der Waals surface area contributed by atoms with E-state index < -0.39 is 0 Å². The maximum absolute atomic E-state index is 5.70. The van der Waals surface area contributed by atoms with Gasteiger partial charge in [-0.25, -0.2) is 0 Å². The van der Waals surface area contributed by atoms with Crippen molar-refractivity contribution >= 4 is 22.7 Å². The Kier molecular flexibility index (Phi) is 4.04. The highest BCUT2D eigenvalue weighted by molar-refractivity contribution is 7.07. The molecule has 0 saturated heterocycles. The van der Waals surface area contributed by atoms with E-state index in [-0.39, 0.29) is 0 Å². The van der Waals surface area contributed by atoms with Crippen molar-refractivity contribution in [1.82, 2.24) is 0 Å². The third-order valence-electron chi connectivity index (χ3n) is 2.89. The molecule has 2 N–H and O–H groups in total. The quantitative estimate of drug-likeness (QED) is 0.819. The Labute approximate surface area is 107 Å². The van der Waals surface area contributed by atoms with Crippen LogP contribution in [0.2, 0.25) is 0 Å². The van der Waals surface area contributed by atoms with Crippen molar-refractivity contribution < 1.29 is 0 Å². The highest BCUT2D eigenvalue weighted by atomic mass is 32.1. The third-order valence-corrected chi connectivity index (χ3v) is 3.62. The van der Waals surface area contributed by atoms with Gasteiger partial charge in [0.1, 0.15) is 0 Å². The first-order valence-corrected chi connectivity index (χ1v) is 6.85. The van der Waals surface area contributed by atoms with Gasteiger partial charge in [-0.2, -0.15) is 11.3 Å². The Morgan fingerprint density at radius 1 is 1.18 bits per heavy atom. The van der Waals surface area contributed by atoms with E-state index in [0.717, 1.165) is 25.2 Å². The lowest BCUT2D eigenvalue weighted by Gasteiger charge is -2.23. The van der Waals surface area contributed by atoms with Crippen LogP contribution in [-0.2, 0) is 6.42 Å². The lowest BCUT2D eigenvalue weighted by Crippen LogP contribution is -2.25. The number of hydrogen-bond acceptors (Lipinski definition) is 3. The molecule has 3 heteroatoms. The molecule has 0 bridgehead atoms. The second-order valence-corrected chi connectivity index (χ2v) is 4.83. The summed E-state index contributed by atoms with van der Waals surface area (Å²) in [5.74, 6) is 0. The van der Waals surface area contributed by atoms with Gasteiger partial charge in [0, 0.05) is 24.5 Å². The first-order chi connectivity index (χ1) is 8.29. The molecule has 2 nitrogen and oxygen atoms in total. The number of thiophene rings is 1. The summed E-state index contributed by atoms with van der Waals surface area (Å²) in [5.41, 5.74) is 9.19. The van der Waals surface area contributed by atoms with Crippen LogP contribution in [-0.4, -0.2) is 13.1 Å². The number of likely N-dealkylation sites (N-methyl/N-ethyl adjacent to an activating group) is 1. The molecule has 0 atom stereocenters. The van der Waals surface area contributed by atoms with Crippen LogP contribution < -0.4 is 10.6 Å². The van der Waals surface area contributed by atoms with Crippen molar-refractivity contribution in [3.8, 4) is 0 Å². The zero-order valence-electron chi connectivity index (χ0n) is 10.1. The highest BCUT2D eigenvalue weighted by Gasteiger charge is 2.04. The molecular formula is C14H18N2S. The van der Waals surface area contributed by atoms with E-state index in [1.165, 1.54) is 11.3 Å². The van der Waals surface area contributed by atoms with Crippen LogP contribution in [0.5, 0.6) is 0 Å². The fraction of sp³-hybridized carbons (Fsp3) is 0.286. The molecule has 1 aromatic carbocycles. The molecule has 0 unspecified atom stereocenters. The molecule has 0 aliphatic carbocycles. The Balaban J connectivity index is 1.99. The SMILES string of the molecule is CCN(CCc1ccsc1)c1ccc(N)cc1. The van der Waals surface area contributed by atoms with Crippen LogP contribution in [0.15, 0.2) is 41.1 Å². The van der Waals surface area contributed by atoms with Crippen LogP contribution in [0.1, 0.15) is 12.5 Å². The number of rotatable bonds is 5. The number of anilines is 2. The maximum Gasteiger partial charge on any atom is 0.0367 e. The fourth-order valence-corrected chi connectivity index (χ4v) is 2.56. The van der Waals surface area contributed by atoms with E-state index in [4.69, 9.17) is 5.73 Å². The minimum atomic E-state index is 0.822. The average Bonchev–Trinajstić information content (AvgIpc) is 2.85. The van der Waals surface area contributed by atoms with Crippen molar-refractivity contribution in [2.75, 3.05) is 23.7 Å². The van der Waals surface area contributed by atoms with Gasteiger partial charge in [-0.3, -0.25) is 0 Å². The number of benzene rings is 1. The molecule has 0 radical (unpaired) electrons. The zero-order chi connectivity index (χ0) is 12.1. The van der Waals surface area contributed by atoms with Crippen LogP contribution in [0.3, 0.4) is 0 Å². The van der Waals surface area contributed by atoms with Crippen LogP contribution in [0.4, 0.5) is 11.4 Å². The second kappa shape index (κ2) is 5.73. The van der Waals surface area contributed by atoms with Crippen molar-refractivity contribution in [2.24, 2.45) is 0 Å². The summed E-state index contributed by atoms with van der Waals surface area (Å²) in [4.78, 5) is 2.37. The Morgan fingerprint density at radius 3 is 2.53 bits per heavy atom. The monoisotopic (exact) mass is 246 g/mol. The molecule has 90 valence electrons. The Morgan fingerprint density at radius 2 is 1.94 bits per heavy atom. The lowest BCUT2D eigenvalue weighted by atomic mass is 10.2.